The third-order valence-electron chi connectivity index (χ3n) is 4.73. The number of hydrogen-bond donors (Lipinski definition) is 2. The molecule has 1 aliphatic carbocycles. The normalized spacial score (nSPS) is 20.4. The summed E-state index contributed by atoms with van der Waals surface area (Å²) < 4.78 is 11.4. The highest BCUT2D eigenvalue weighted by molar-refractivity contribution is 5.70. The maximum Gasteiger partial charge on any atom is 0.306 e. The van der Waals surface area contributed by atoms with Crippen molar-refractivity contribution >= 4 is 5.97 Å². The monoisotopic (exact) mass is 345 g/mol. The average Bonchev–Trinajstić information content (AvgIpc) is 2.97. The van der Waals surface area contributed by atoms with Crippen LogP contribution >= 0.6 is 0 Å². The van der Waals surface area contributed by atoms with Crippen LogP contribution in [0.5, 0.6) is 5.75 Å². The molecule has 25 heavy (non-hydrogen) atoms. The summed E-state index contributed by atoms with van der Waals surface area (Å²) in [6.07, 6.45) is 2.90. The van der Waals surface area contributed by atoms with Crippen LogP contribution in [-0.2, 0) is 11.3 Å². The number of carboxylic acids is 1. The number of hydrogen-bond acceptors (Lipinski definition) is 6. The molecule has 2 unspecified atom stereocenters. The highest BCUT2D eigenvalue weighted by Gasteiger charge is 2.28. The zero-order valence-electron chi connectivity index (χ0n) is 14.5. The summed E-state index contributed by atoms with van der Waals surface area (Å²) in [5.41, 5.74) is 8.76. The molecule has 2 heterocycles. The van der Waals surface area contributed by atoms with Gasteiger partial charge in [0.25, 0.3) is 0 Å². The second kappa shape index (κ2) is 7.23. The van der Waals surface area contributed by atoms with E-state index in [1.54, 1.807) is 0 Å². The van der Waals surface area contributed by atoms with Crippen molar-refractivity contribution in [3.63, 3.8) is 0 Å². The van der Waals surface area contributed by atoms with Gasteiger partial charge in [-0.3, -0.25) is 4.79 Å². The summed E-state index contributed by atoms with van der Waals surface area (Å²) in [5, 5.41) is 13.1. The molecule has 134 valence electrons. The first-order chi connectivity index (χ1) is 12.0. The van der Waals surface area contributed by atoms with Gasteiger partial charge in [0.05, 0.1) is 23.4 Å². The zero-order valence-corrected chi connectivity index (χ0v) is 14.5. The molecule has 1 saturated carbocycles. The van der Waals surface area contributed by atoms with E-state index >= 15 is 0 Å². The molecule has 0 radical (unpaired) electrons. The van der Waals surface area contributed by atoms with Crippen LogP contribution in [0.1, 0.15) is 42.6 Å². The van der Waals surface area contributed by atoms with Gasteiger partial charge in [-0.2, -0.15) is 0 Å². The number of pyridine rings is 1. The first kappa shape index (κ1) is 17.4. The zero-order chi connectivity index (χ0) is 18.0. The summed E-state index contributed by atoms with van der Waals surface area (Å²) in [7, 11) is 0. The van der Waals surface area contributed by atoms with Crippen molar-refractivity contribution in [2.75, 3.05) is 0 Å². The number of aryl methyl sites for hydroxylation is 2. The fourth-order valence-corrected chi connectivity index (χ4v) is 3.29. The lowest BCUT2D eigenvalue weighted by molar-refractivity contribution is -0.143. The van der Waals surface area contributed by atoms with Crippen molar-refractivity contribution in [1.29, 1.82) is 0 Å². The van der Waals surface area contributed by atoms with Crippen molar-refractivity contribution in [3.8, 4) is 17.2 Å². The van der Waals surface area contributed by atoms with Crippen LogP contribution < -0.4 is 10.5 Å². The highest BCUT2D eigenvalue weighted by atomic mass is 16.5. The van der Waals surface area contributed by atoms with E-state index in [9.17, 15) is 9.90 Å². The Hall–Kier alpha value is -2.41. The van der Waals surface area contributed by atoms with Gasteiger partial charge in [0.2, 0.25) is 0 Å². The Morgan fingerprint density at radius 3 is 2.84 bits per heavy atom. The molecule has 2 aromatic rings. The average molecular weight is 345 g/mol. The van der Waals surface area contributed by atoms with Crippen LogP contribution in [0, 0.1) is 19.8 Å². The summed E-state index contributed by atoms with van der Waals surface area (Å²) in [5.74, 6) is 0.188. The Morgan fingerprint density at radius 1 is 1.36 bits per heavy atom. The predicted octanol–water partition coefficient (Wildman–Crippen LogP) is 2.83. The van der Waals surface area contributed by atoms with Crippen LogP contribution in [0.2, 0.25) is 0 Å². The van der Waals surface area contributed by atoms with Gasteiger partial charge in [0, 0.05) is 12.1 Å². The Kier molecular flexibility index (Phi) is 5.03. The number of carbonyl (C=O) groups is 1. The van der Waals surface area contributed by atoms with Crippen molar-refractivity contribution < 1.29 is 19.2 Å². The summed E-state index contributed by atoms with van der Waals surface area (Å²) in [6, 6.07) is 3.67. The molecule has 0 spiro atoms. The Morgan fingerprint density at radius 2 is 2.16 bits per heavy atom. The summed E-state index contributed by atoms with van der Waals surface area (Å²) in [6.45, 7) is 4.05. The van der Waals surface area contributed by atoms with Gasteiger partial charge in [0.15, 0.2) is 5.76 Å². The lowest BCUT2D eigenvalue weighted by atomic mass is 9.87. The SMILES string of the molecule is Cc1nc(-c2onc(C)c2CN)ccc1OC1CCCC(C(=O)O)C1. The van der Waals surface area contributed by atoms with E-state index in [2.05, 4.69) is 10.1 Å². The predicted molar refractivity (Wildman–Crippen MR) is 91.1 cm³/mol. The van der Waals surface area contributed by atoms with Gasteiger partial charge in [-0.1, -0.05) is 5.16 Å². The first-order valence-corrected chi connectivity index (χ1v) is 8.52. The molecule has 3 rings (SSSR count). The van der Waals surface area contributed by atoms with Crippen molar-refractivity contribution in [2.45, 2.75) is 52.2 Å². The molecular weight excluding hydrogens is 322 g/mol. The van der Waals surface area contributed by atoms with E-state index in [-0.39, 0.29) is 12.0 Å². The quantitative estimate of drug-likeness (QED) is 0.857. The van der Waals surface area contributed by atoms with E-state index in [0.29, 0.717) is 30.2 Å². The van der Waals surface area contributed by atoms with E-state index in [0.717, 1.165) is 36.2 Å². The minimum Gasteiger partial charge on any atom is -0.489 e. The minimum absolute atomic E-state index is 0.0895. The van der Waals surface area contributed by atoms with Crippen LogP contribution in [0.3, 0.4) is 0 Å². The van der Waals surface area contributed by atoms with Crippen molar-refractivity contribution in [1.82, 2.24) is 10.1 Å². The number of rotatable bonds is 5. The third kappa shape index (κ3) is 3.66. The first-order valence-electron chi connectivity index (χ1n) is 8.52. The van der Waals surface area contributed by atoms with Crippen LogP contribution in [0.25, 0.3) is 11.5 Å². The molecule has 3 N–H and O–H groups in total. The Bertz CT molecular complexity index is 772. The second-order valence-electron chi connectivity index (χ2n) is 6.50. The molecule has 2 aromatic heterocycles. The lowest BCUT2D eigenvalue weighted by Crippen LogP contribution is -2.29. The standard InChI is InChI=1S/C18H23N3O4/c1-10-14(9-19)17(25-21-10)15-6-7-16(11(2)20-15)24-13-5-3-4-12(8-13)18(22)23/h6-7,12-13H,3-5,8-9,19H2,1-2H3,(H,22,23). The molecule has 7 heteroatoms. The van der Waals surface area contributed by atoms with Crippen molar-refractivity contribution in [3.05, 3.63) is 29.1 Å². The van der Waals surface area contributed by atoms with Crippen molar-refractivity contribution in [2.24, 2.45) is 11.7 Å². The van der Waals surface area contributed by atoms with Crippen LogP contribution in [0.4, 0.5) is 0 Å². The summed E-state index contributed by atoms with van der Waals surface area (Å²) >= 11 is 0. The van der Waals surface area contributed by atoms with Crippen LogP contribution in [-0.4, -0.2) is 27.3 Å². The maximum atomic E-state index is 11.2. The van der Waals surface area contributed by atoms with Gasteiger partial charge in [-0.15, -0.1) is 0 Å². The molecule has 0 saturated heterocycles. The molecule has 0 amide bonds. The van der Waals surface area contributed by atoms with Gasteiger partial charge in [-0.25, -0.2) is 4.98 Å². The summed E-state index contributed by atoms with van der Waals surface area (Å²) in [4.78, 5) is 15.7. The molecule has 0 aromatic carbocycles. The number of aromatic nitrogens is 2. The fraction of sp³-hybridized carbons (Fsp3) is 0.500. The highest BCUT2D eigenvalue weighted by Crippen LogP contribution is 2.31. The number of ether oxygens (including phenoxy) is 1. The molecule has 1 aliphatic rings. The Balaban J connectivity index is 1.77. The van der Waals surface area contributed by atoms with E-state index in [4.69, 9.17) is 15.0 Å². The number of nitrogens with two attached hydrogens (primary N) is 1. The smallest absolute Gasteiger partial charge is 0.306 e. The van der Waals surface area contributed by atoms with Gasteiger partial charge in [0.1, 0.15) is 11.4 Å². The van der Waals surface area contributed by atoms with Gasteiger partial charge < -0.3 is 20.1 Å². The molecule has 7 nitrogen and oxygen atoms in total. The number of carboxylic acid groups (broad SMARTS) is 1. The van der Waals surface area contributed by atoms with Crippen LogP contribution in [0.15, 0.2) is 16.7 Å². The molecule has 0 bridgehead atoms. The maximum absolute atomic E-state index is 11.2. The fourth-order valence-electron chi connectivity index (χ4n) is 3.29. The van der Waals surface area contributed by atoms with E-state index in [1.165, 1.54) is 0 Å². The third-order valence-corrected chi connectivity index (χ3v) is 4.73. The largest absolute Gasteiger partial charge is 0.489 e. The van der Waals surface area contributed by atoms with Gasteiger partial charge >= 0.3 is 5.97 Å². The Labute approximate surface area is 146 Å². The van der Waals surface area contributed by atoms with E-state index < -0.39 is 5.97 Å². The number of aliphatic carboxylic acids is 1. The number of nitrogens with zero attached hydrogens (tertiary/aromatic N) is 2. The topological polar surface area (TPSA) is 111 Å². The van der Waals surface area contributed by atoms with Gasteiger partial charge in [-0.05, 0) is 51.7 Å². The lowest BCUT2D eigenvalue weighted by Gasteiger charge is -2.27. The molecular formula is C18H23N3O4. The second-order valence-corrected chi connectivity index (χ2v) is 6.50. The molecule has 2 atom stereocenters. The van der Waals surface area contributed by atoms with E-state index in [1.807, 2.05) is 26.0 Å². The molecule has 0 aliphatic heterocycles. The minimum atomic E-state index is -0.742. The molecule has 1 fully saturated rings.